The van der Waals surface area contributed by atoms with Gasteiger partial charge in [0.05, 0.1) is 16.4 Å². The molecule has 1 aliphatic heterocycles. The minimum Gasteiger partial charge on any atom is -0.477 e. The van der Waals surface area contributed by atoms with Gasteiger partial charge in [0, 0.05) is 83.9 Å². The van der Waals surface area contributed by atoms with Gasteiger partial charge in [-0.2, -0.15) is 0 Å². The summed E-state index contributed by atoms with van der Waals surface area (Å²) in [6.45, 7) is 1.53. The molecule has 0 amide bonds. The molecular formula is C29H25ClFN5O3. The molecule has 3 aliphatic rings. The van der Waals surface area contributed by atoms with Gasteiger partial charge in [-0.15, -0.1) is 0 Å². The van der Waals surface area contributed by atoms with E-state index in [-0.39, 0.29) is 22.0 Å². The van der Waals surface area contributed by atoms with E-state index in [1.807, 2.05) is 6.07 Å². The Kier molecular flexibility index (Phi) is 5.12. The van der Waals surface area contributed by atoms with Crippen molar-refractivity contribution >= 4 is 34.5 Å². The van der Waals surface area contributed by atoms with Crippen molar-refractivity contribution in [3.05, 3.63) is 80.7 Å². The molecule has 7 rings (SSSR count). The Morgan fingerprint density at radius 1 is 1.28 bits per heavy atom. The van der Waals surface area contributed by atoms with Gasteiger partial charge in [0.15, 0.2) is 0 Å². The average Bonchev–Trinajstić information content (AvgIpc) is 3.23. The predicted octanol–water partition coefficient (Wildman–Crippen LogP) is 4.39. The first-order valence-corrected chi connectivity index (χ1v) is 13.2. The summed E-state index contributed by atoms with van der Waals surface area (Å²) in [5.74, 6) is -1.79. The maximum atomic E-state index is 15.0. The van der Waals surface area contributed by atoms with Crippen LogP contribution in [0.2, 0.25) is 5.02 Å². The molecule has 8 nitrogen and oxygen atoms in total. The van der Waals surface area contributed by atoms with Crippen molar-refractivity contribution in [3.8, 4) is 22.3 Å². The van der Waals surface area contributed by atoms with Gasteiger partial charge in [0.2, 0.25) is 0 Å². The zero-order chi connectivity index (χ0) is 27.2. The van der Waals surface area contributed by atoms with Gasteiger partial charge >= 0.3 is 5.97 Å². The molecule has 1 spiro atoms. The Labute approximate surface area is 227 Å². The fourth-order valence-corrected chi connectivity index (χ4v) is 6.69. The Morgan fingerprint density at radius 2 is 2.05 bits per heavy atom. The minimum atomic E-state index is -1.28. The van der Waals surface area contributed by atoms with Crippen LogP contribution in [0.3, 0.4) is 0 Å². The van der Waals surface area contributed by atoms with Gasteiger partial charge in [0.25, 0.3) is 5.56 Å². The lowest BCUT2D eigenvalue weighted by Gasteiger charge is -2.26. The molecule has 10 heteroatoms. The number of aromatic carboxylic acids is 1. The van der Waals surface area contributed by atoms with Crippen LogP contribution in [0.5, 0.6) is 0 Å². The standard InChI is InChI=1S/C29H25ClFN5O3/c1-33-20-9-19(31)25(30)23-17(20)8-21-24(23)26(35-7-6-29(13-35)10-22(29)32)18(11-34-21)14-2-3-15-4-5-16(28(38)39)27(37)36(15)12-14/h2-5,9,11-12,22,33H,6-8,10,13,32H2,1H3,(H,38,39)/t22-,29+/m1/s1. The van der Waals surface area contributed by atoms with Gasteiger partial charge in [-0.3, -0.25) is 14.2 Å². The number of carboxylic acids is 1. The Morgan fingerprint density at radius 3 is 2.74 bits per heavy atom. The second-order valence-corrected chi connectivity index (χ2v) is 11.1. The third-order valence-electron chi connectivity index (χ3n) is 8.67. The van der Waals surface area contributed by atoms with Gasteiger partial charge in [-0.25, -0.2) is 9.18 Å². The molecule has 4 heterocycles. The topological polar surface area (TPSA) is 113 Å². The maximum absolute atomic E-state index is 15.0. The number of hydrogen-bond acceptors (Lipinski definition) is 6. The highest BCUT2D eigenvalue weighted by Crippen LogP contribution is 2.57. The zero-order valence-corrected chi connectivity index (χ0v) is 21.8. The Balaban J connectivity index is 1.50. The predicted molar refractivity (Wildman–Crippen MR) is 148 cm³/mol. The molecule has 3 aromatic heterocycles. The van der Waals surface area contributed by atoms with Gasteiger partial charge in [-0.05, 0) is 42.7 Å². The molecule has 0 unspecified atom stereocenters. The lowest BCUT2D eigenvalue weighted by molar-refractivity contribution is 0.0694. The second kappa shape index (κ2) is 8.27. The number of hydrogen-bond donors (Lipinski definition) is 3. The molecule has 0 bridgehead atoms. The molecule has 1 saturated carbocycles. The number of fused-ring (bicyclic) bond motifs is 4. The van der Waals surface area contributed by atoms with Crippen LogP contribution in [-0.4, -0.2) is 46.6 Å². The van der Waals surface area contributed by atoms with Crippen molar-refractivity contribution < 1.29 is 14.3 Å². The lowest BCUT2D eigenvalue weighted by atomic mass is 9.97. The highest BCUT2D eigenvalue weighted by Gasteiger charge is 2.56. The normalized spacial score (nSPS) is 20.9. The molecule has 2 aliphatic carbocycles. The van der Waals surface area contributed by atoms with Gasteiger partial charge < -0.3 is 21.1 Å². The van der Waals surface area contributed by atoms with Crippen LogP contribution in [-0.2, 0) is 6.42 Å². The van der Waals surface area contributed by atoms with E-state index in [1.54, 1.807) is 31.6 Å². The summed E-state index contributed by atoms with van der Waals surface area (Å²) >= 11 is 6.64. The van der Waals surface area contributed by atoms with E-state index in [9.17, 15) is 14.7 Å². The quantitative estimate of drug-likeness (QED) is 0.307. The number of nitrogens with two attached hydrogens (primary N) is 1. The van der Waals surface area contributed by atoms with Crippen molar-refractivity contribution in [2.24, 2.45) is 11.1 Å². The van der Waals surface area contributed by atoms with Crippen molar-refractivity contribution in [1.29, 1.82) is 0 Å². The van der Waals surface area contributed by atoms with Gasteiger partial charge in [0.1, 0.15) is 11.4 Å². The summed E-state index contributed by atoms with van der Waals surface area (Å²) in [4.78, 5) is 31.7. The number of benzene rings is 1. The number of rotatable bonds is 4. The smallest absolute Gasteiger partial charge is 0.341 e. The summed E-state index contributed by atoms with van der Waals surface area (Å²) in [6.07, 6.45) is 5.86. The number of carbonyl (C=O) groups is 1. The number of nitrogens with one attached hydrogen (secondary N) is 1. The van der Waals surface area contributed by atoms with Crippen LogP contribution in [0.25, 0.3) is 27.8 Å². The monoisotopic (exact) mass is 545 g/mol. The molecule has 198 valence electrons. The molecule has 4 N–H and O–H groups in total. The maximum Gasteiger partial charge on any atom is 0.341 e. The summed E-state index contributed by atoms with van der Waals surface area (Å²) in [6, 6.07) is 8.15. The molecular weight excluding hydrogens is 521 g/mol. The van der Waals surface area contributed by atoms with Crippen LogP contribution < -0.4 is 21.5 Å². The minimum absolute atomic E-state index is 0.0563. The summed E-state index contributed by atoms with van der Waals surface area (Å²) in [5, 5.41) is 12.6. The molecule has 4 aromatic rings. The second-order valence-electron chi connectivity index (χ2n) is 10.8. The van der Waals surface area contributed by atoms with E-state index < -0.39 is 17.3 Å². The van der Waals surface area contributed by atoms with Crippen molar-refractivity contribution in [3.63, 3.8) is 0 Å². The van der Waals surface area contributed by atoms with Crippen LogP contribution in [0.1, 0.15) is 34.5 Å². The van der Waals surface area contributed by atoms with Gasteiger partial charge in [-0.1, -0.05) is 17.7 Å². The van der Waals surface area contributed by atoms with E-state index in [0.717, 1.165) is 54.0 Å². The van der Waals surface area contributed by atoms with E-state index in [0.29, 0.717) is 28.8 Å². The number of aromatic nitrogens is 2. The number of pyridine rings is 3. The first kappa shape index (κ1) is 24.1. The SMILES string of the molecule is CNc1cc(F)c(Cl)c2c1Cc1ncc(-c3ccc4ccc(C(=O)O)c(=O)n4c3)c(N3CC[C@]4(C[C@H]4N)C3)c1-2. The third-order valence-corrected chi connectivity index (χ3v) is 9.04. The fraction of sp³-hybridized carbons (Fsp3) is 0.276. The molecule has 39 heavy (non-hydrogen) atoms. The highest BCUT2D eigenvalue weighted by molar-refractivity contribution is 6.34. The van der Waals surface area contributed by atoms with Crippen LogP contribution >= 0.6 is 11.6 Å². The Hall–Kier alpha value is -3.95. The highest BCUT2D eigenvalue weighted by atomic mass is 35.5. The first-order chi connectivity index (χ1) is 18.7. The molecule has 1 saturated heterocycles. The average molecular weight is 546 g/mol. The van der Waals surface area contributed by atoms with E-state index in [1.165, 1.54) is 16.5 Å². The van der Waals surface area contributed by atoms with Crippen molar-refractivity contribution in [1.82, 2.24) is 9.38 Å². The summed E-state index contributed by atoms with van der Waals surface area (Å²) in [7, 11) is 1.75. The lowest BCUT2D eigenvalue weighted by Crippen LogP contribution is -2.24. The molecule has 1 aromatic carbocycles. The fourth-order valence-electron chi connectivity index (χ4n) is 6.43. The van der Waals surface area contributed by atoms with Crippen LogP contribution in [0.15, 0.2) is 47.5 Å². The number of nitrogens with zero attached hydrogens (tertiary/aromatic N) is 3. The summed E-state index contributed by atoms with van der Waals surface area (Å²) < 4.78 is 16.4. The molecule has 2 fully saturated rings. The largest absolute Gasteiger partial charge is 0.477 e. The third kappa shape index (κ3) is 3.43. The first-order valence-electron chi connectivity index (χ1n) is 12.8. The van der Waals surface area contributed by atoms with E-state index in [2.05, 4.69) is 10.2 Å². The number of anilines is 2. The number of halogens is 2. The summed E-state index contributed by atoms with van der Waals surface area (Å²) in [5.41, 5.74) is 12.2. The van der Waals surface area contributed by atoms with Crippen LogP contribution in [0, 0.1) is 11.2 Å². The Bertz CT molecular complexity index is 1800. The number of carboxylic acid groups (broad SMARTS) is 1. The molecule has 2 atom stereocenters. The van der Waals surface area contributed by atoms with Crippen LogP contribution in [0.4, 0.5) is 15.8 Å². The van der Waals surface area contributed by atoms with E-state index >= 15 is 4.39 Å². The zero-order valence-electron chi connectivity index (χ0n) is 21.1. The molecule has 0 radical (unpaired) electrons. The van der Waals surface area contributed by atoms with Crippen molar-refractivity contribution in [2.45, 2.75) is 25.3 Å². The van der Waals surface area contributed by atoms with Crippen molar-refractivity contribution in [2.75, 3.05) is 30.4 Å². The van der Waals surface area contributed by atoms with E-state index in [4.69, 9.17) is 22.3 Å².